The number of aliphatic hydroxyl groups excluding tert-OH is 2. The van der Waals surface area contributed by atoms with Crippen LogP contribution in [0.3, 0.4) is 0 Å². The van der Waals surface area contributed by atoms with Crippen molar-refractivity contribution in [1.29, 1.82) is 0 Å². The molecule has 0 aliphatic carbocycles. The van der Waals surface area contributed by atoms with E-state index in [0.29, 0.717) is 0 Å². The first-order valence-electron chi connectivity index (χ1n) is 2.18. The van der Waals surface area contributed by atoms with Gasteiger partial charge in [0.15, 0.2) is 0 Å². The maximum atomic E-state index is 9.77. The van der Waals surface area contributed by atoms with Crippen LogP contribution in [0.15, 0.2) is 0 Å². The molecule has 0 aliphatic rings. The molecule has 0 bridgehead atoms. The number of aliphatic hydroxyl groups is 2. The third kappa shape index (κ3) is 8.83. The van der Waals surface area contributed by atoms with Crippen LogP contribution >= 0.6 is 0 Å². The molecule has 1 atom stereocenters. The quantitative estimate of drug-likeness (QED) is 0.333. The second-order valence-electron chi connectivity index (χ2n) is 1.56. The molecule has 0 saturated carbocycles. The van der Waals surface area contributed by atoms with Gasteiger partial charge in [-0.1, -0.05) is 0 Å². The molecule has 0 unspecified atom stereocenters. The number of rotatable bonds is 3. The van der Waals surface area contributed by atoms with Crippen molar-refractivity contribution in [2.75, 3.05) is 12.4 Å². The van der Waals surface area contributed by atoms with E-state index in [4.69, 9.17) is 10.2 Å². The molecule has 0 aromatic heterocycles. The van der Waals surface area contributed by atoms with Gasteiger partial charge in [-0.15, -0.1) is 0 Å². The van der Waals surface area contributed by atoms with Crippen molar-refractivity contribution in [3.8, 4) is 0 Å². The van der Waals surface area contributed by atoms with Crippen LogP contribution < -0.4 is 29.6 Å². The van der Waals surface area contributed by atoms with Gasteiger partial charge in [0.05, 0.1) is 28.6 Å². The standard InChI is InChI=1S/C3H8O5S.Na/c4-1-3(5)2-9(6,7)8;/h3-5H,1-2H2,(H,6,7,8);/q;+1/p-1/t3-;/m0./s1. The molecule has 5 nitrogen and oxygen atoms in total. The number of hydrogen-bond donors (Lipinski definition) is 2. The van der Waals surface area contributed by atoms with Crippen molar-refractivity contribution < 1.29 is 52.7 Å². The third-order valence-corrected chi connectivity index (χ3v) is 1.40. The van der Waals surface area contributed by atoms with Gasteiger partial charge in [-0.3, -0.25) is 0 Å². The minimum Gasteiger partial charge on any atom is -0.748 e. The summed E-state index contributed by atoms with van der Waals surface area (Å²) in [7, 11) is -4.40. The maximum Gasteiger partial charge on any atom is 1.00 e. The first-order valence-corrected chi connectivity index (χ1v) is 3.76. The van der Waals surface area contributed by atoms with E-state index in [9.17, 15) is 13.0 Å². The van der Waals surface area contributed by atoms with Gasteiger partial charge in [-0.05, 0) is 0 Å². The smallest absolute Gasteiger partial charge is 0.748 e. The van der Waals surface area contributed by atoms with Crippen molar-refractivity contribution >= 4 is 10.1 Å². The molecule has 0 rings (SSSR count). The van der Waals surface area contributed by atoms with E-state index in [1.54, 1.807) is 0 Å². The Morgan fingerprint density at radius 1 is 1.50 bits per heavy atom. The van der Waals surface area contributed by atoms with Gasteiger partial charge in [0.1, 0.15) is 0 Å². The van der Waals surface area contributed by atoms with Crippen LogP contribution in [0.5, 0.6) is 0 Å². The van der Waals surface area contributed by atoms with Gasteiger partial charge in [0, 0.05) is 0 Å². The molecule has 0 radical (unpaired) electrons. The normalized spacial score (nSPS) is 13.9. The van der Waals surface area contributed by atoms with Gasteiger partial charge in [-0.2, -0.15) is 0 Å². The van der Waals surface area contributed by atoms with E-state index >= 15 is 0 Å². The zero-order valence-electron chi connectivity index (χ0n) is 5.52. The molecule has 0 fully saturated rings. The maximum absolute atomic E-state index is 9.77. The molecule has 7 heteroatoms. The summed E-state index contributed by atoms with van der Waals surface area (Å²) in [5.41, 5.74) is 0. The van der Waals surface area contributed by atoms with Gasteiger partial charge < -0.3 is 14.8 Å². The summed E-state index contributed by atoms with van der Waals surface area (Å²) >= 11 is 0. The van der Waals surface area contributed by atoms with Gasteiger partial charge in [0.25, 0.3) is 0 Å². The van der Waals surface area contributed by atoms with Crippen molar-refractivity contribution in [2.45, 2.75) is 6.10 Å². The molecule has 0 amide bonds. The summed E-state index contributed by atoms with van der Waals surface area (Å²) in [6.07, 6.45) is -1.45. The molecular formula is C3H7NaO5S. The van der Waals surface area contributed by atoms with Crippen molar-refractivity contribution in [1.82, 2.24) is 0 Å². The molecule has 0 aliphatic heterocycles. The van der Waals surface area contributed by atoms with E-state index in [-0.39, 0.29) is 29.6 Å². The Bertz CT molecular complexity index is 164. The van der Waals surface area contributed by atoms with Crippen LogP contribution in [-0.2, 0) is 10.1 Å². The zero-order chi connectivity index (χ0) is 7.49. The minimum atomic E-state index is -4.40. The predicted octanol–water partition coefficient (Wildman–Crippen LogP) is -5.11. The fourth-order valence-corrected chi connectivity index (χ4v) is 0.865. The van der Waals surface area contributed by atoms with Crippen molar-refractivity contribution in [3.05, 3.63) is 0 Å². The molecule has 0 aromatic carbocycles. The van der Waals surface area contributed by atoms with Crippen LogP contribution in [0.4, 0.5) is 0 Å². The van der Waals surface area contributed by atoms with Gasteiger partial charge in [0.2, 0.25) is 0 Å². The molecule has 2 N–H and O–H groups in total. The SMILES string of the molecule is O=S(=O)([O-])C[C@@H](O)CO.[Na+]. The van der Waals surface area contributed by atoms with Gasteiger partial charge in [-0.25, -0.2) is 8.42 Å². The van der Waals surface area contributed by atoms with Gasteiger partial charge >= 0.3 is 29.6 Å². The van der Waals surface area contributed by atoms with Crippen LogP contribution in [0.25, 0.3) is 0 Å². The molecule has 0 saturated heterocycles. The summed E-state index contributed by atoms with van der Waals surface area (Å²) in [5, 5.41) is 16.4. The Labute approximate surface area is 81.1 Å². The Morgan fingerprint density at radius 3 is 2.00 bits per heavy atom. The average molecular weight is 178 g/mol. The predicted molar refractivity (Wildman–Crippen MR) is 27.7 cm³/mol. The second kappa shape index (κ2) is 5.48. The summed E-state index contributed by atoms with van der Waals surface area (Å²) in [6.45, 7) is -0.707. The summed E-state index contributed by atoms with van der Waals surface area (Å²) < 4.78 is 29.3. The summed E-state index contributed by atoms with van der Waals surface area (Å²) in [4.78, 5) is 0. The summed E-state index contributed by atoms with van der Waals surface area (Å²) in [5.74, 6) is -0.927. The Kier molecular flexibility index (Phi) is 7.35. The Hall–Kier alpha value is 0.830. The van der Waals surface area contributed by atoms with Crippen LogP contribution in [-0.4, -0.2) is 41.6 Å². The minimum absolute atomic E-state index is 0. The molecule has 56 valence electrons. The topological polar surface area (TPSA) is 97.7 Å². The molecule has 0 heterocycles. The molecule has 10 heavy (non-hydrogen) atoms. The Balaban J connectivity index is 0. The van der Waals surface area contributed by atoms with E-state index in [1.807, 2.05) is 0 Å². The fourth-order valence-electron chi connectivity index (χ4n) is 0.288. The van der Waals surface area contributed by atoms with Crippen molar-refractivity contribution in [3.63, 3.8) is 0 Å². The zero-order valence-corrected chi connectivity index (χ0v) is 8.34. The largest absolute Gasteiger partial charge is 1.00 e. The van der Waals surface area contributed by atoms with Crippen LogP contribution in [0.2, 0.25) is 0 Å². The third-order valence-electron chi connectivity index (χ3n) is 0.607. The van der Waals surface area contributed by atoms with Crippen LogP contribution in [0.1, 0.15) is 0 Å². The van der Waals surface area contributed by atoms with Crippen molar-refractivity contribution in [2.24, 2.45) is 0 Å². The summed E-state index contributed by atoms with van der Waals surface area (Å²) in [6, 6.07) is 0. The first-order chi connectivity index (χ1) is 3.95. The average Bonchev–Trinajstić information content (AvgIpc) is 1.62. The van der Waals surface area contributed by atoms with E-state index in [1.165, 1.54) is 0 Å². The molecule has 0 aromatic rings. The molecular weight excluding hydrogens is 171 g/mol. The second-order valence-corrected chi connectivity index (χ2v) is 3.01. The van der Waals surface area contributed by atoms with E-state index in [0.717, 1.165) is 0 Å². The van der Waals surface area contributed by atoms with E-state index < -0.39 is 28.6 Å². The fraction of sp³-hybridized carbons (Fsp3) is 1.00. The Morgan fingerprint density at radius 2 is 1.90 bits per heavy atom. The monoisotopic (exact) mass is 178 g/mol. The molecule has 0 spiro atoms. The van der Waals surface area contributed by atoms with Crippen LogP contribution in [0, 0.1) is 0 Å². The first kappa shape index (κ1) is 13.4. The number of hydrogen-bond acceptors (Lipinski definition) is 5. The van der Waals surface area contributed by atoms with E-state index in [2.05, 4.69) is 0 Å².